The highest BCUT2D eigenvalue weighted by molar-refractivity contribution is 5.97. The summed E-state index contributed by atoms with van der Waals surface area (Å²) in [6.07, 6.45) is 6.69. The molecule has 18 heavy (non-hydrogen) atoms. The molecule has 0 atom stereocenters. The fourth-order valence-corrected chi connectivity index (χ4v) is 2.35. The zero-order valence-corrected chi connectivity index (χ0v) is 10.6. The molecule has 0 aliphatic rings. The first-order valence-corrected chi connectivity index (χ1v) is 6.17. The van der Waals surface area contributed by atoms with Crippen LogP contribution in [0.5, 0.6) is 0 Å². The summed E-state index contributed by atoms with van der Waals surface area (Å²) in [5.41, 5.74) is 3.58. The molecule has 0 aliphatic carbocycles. The number of nitrogens with zero attached hydrogens (tertiary/aromatic N) is 2. The number of aromatic amines is 1. The van der Waals surface area contributed by atoms with Crippen LogP contribution < -0.4 is 0 Å². The van der Waals surface area contributed by atoms with E-state index < -0.39 is 0 Å². The maximum Gasteiger partial charge on any atom is 0.103 e. The molecule has 0 amide bonds. The Morgan fingerprint density at radius 2 is 2.00 bits per heavy atom. The minimum atomic E-state index is 0.937. The molecule has 2 aromatic heterocycles. The van der Waals surface area contributed by atoms with E-state index >= 15 is 0 Å². The van der Waals surface area contributed by atoms with Crippen molar-refractivity contribution in [3.63, 3.8) is 0 Å². The molecular formula is C15H15N3. The quantitative estimate of drug-likeness (QED) is 0.741. The fourth-order valence-electron chi connectivity index (χ4n) is 2.35. The first-order valence-electron chi connectivity index (χ1n) is 6.17. The van der Waals surface area contributed by atoms with Crippen LogP contribution in [-0.2, 0) is 6.42 Å². The number of rotatable bonds is 2. The Balaban J connectivity index is 2.31. The van der Waals surface area contributed by atoms with Gasteiger partial charge in [0.1, 0.15) is 5.82 Å². The average Bonchev–Trinajstić information content (AvgIpc) is 2.84. The first-order chi connectivity index (χ1) is 8.79. The maximum absolute atomic E-state index is 4.27. The van der Waals surface area contributed by atoms with Crippen LogP contribution in [0.3, 0.4) is 0 Å². The number of H-pyrrole nitrogens is 1. The summed E-state index contributed by atoms with van der Waals surface area (Å²) < 4.78 is 0. The van der Waals surface area contributed by atoms with E-state index in [1.165, 1.54) is 21.9 Å². The highest BCUT2D eigenvalue weighted by atomic mass is 14.9. The normalized spacial score (nSPS) is 11.0. The molecule has 0 bridgehead atoms. The summed E-state index contributed by atoms with van der Waals surface area (Å²) in [6, 6.07) is 6.41. The van der Waals surface area contributed by atoms with Gasteiger partial charge in [0, 0.05) is 23.3 Å². The minimum Gasteiger partial charge on any atom is -0.342 e. The zero-order chi connectivity index (χ0) is 12.5. The molecule has 0 saturated heterocycles. The van der Waals surface area contributed by atoms with E-state index in [9.17, 15) is 0 Å². The third-order valence-corrected chi connectivity index (χ3v) is 3.28. The molecule has 1 N–H and O–H groups in total. The van der Waals surface area contributed by atoms with Crippen molar-refractivity contribution in [2.45, 2.75) is 20.3 Å². The standard InChI is InChI=1S/C15H15N3/c1-3-11-4-5-13(15-9-17-10(2)18-15)12-6-7-16-8-14(11)12/h4-9H,3H2,1-2H3,(H,17,18). The molecule has 0 aliphatic heterocycles. The van der Waals surface area contributed by atoms with E-state index in [2.05, 4.69) is 40.1 Å². The van der Waals surface area contributed by atoms with Gasteiger partial charge in [-0.1, -0.05) is 19.1 Å². The van der Waals surface area contributed by atoms with Crippen molar-refractivity contribution in [3.05, 3.63) is 48.2 Å². The molecule has 3 aromatic rings. The van der Waals surface area contributed by atoms with E-state index in [0.717, 1.165) is 17.9 Å². The number of fused-ring (bicyclic) bond motifs is 1. The van der Waals surface area contributed by atoms with E-state index in [0.29, 0.717) is 0 Å². The van der Waals surface area contributed by atoms with Crippen LogP contribution in [-0.4, -0.2) is 15.0 Å². The van der Waals surface area contributed by atoms with Crippen molar-refractivity contribution in [1.29, 1.82) is 0 Å². The summed E-state index contributed by atoms with van der Waals surface area (Å²) >= 11 is 0. The highest BCUT2D eigenvalue weighted by Gasteiger charge is 2.08. The molecule has 0 unspecified atom stereocenters. The van der Waals surface area contributed by atoms with Gasteiger partial charge in [-0.2, -0.15) is 0 Å². The predicted molar refractivity (Wildman–Crippen MR) is 73.4 cm³/mol. The van der Waals surface area contributed by atoms with Gasteiger partial charge < -0.3 is 4.98 Å². The number of nitrogens with one attached hydrogen (secondary N) is 1. The molecule has 1 aromatic carbocycles. The van der Waals surface area contributed by atoms with Crippen LogP contribution in [0.2, 0.25) is 0 Å². The topological polar surface area (TPSA) is 41.6 Å². The van der Waals surface area contributed by atoms with Gasteiger partial charge in [0.25, 0.3) is 0 Å². The third kappa shape index (κ3) is 1.68. The van der Waals surface area contributed by atoms with Crippen LogP contribution in [0.15, 0.2) is 36.8 Å². The Kier molecular flexibility index (Phi) is 2.59. The molecule has 0 saturated carbocycles. The summed E-state index contributed by atoms with van der Waals surface area (Å²) in [7, 11) is 0. The van der Waals surface area contributed by atoms with E-state index in [4.69, 9.17) is 0 Å². The van der Waals surface area contributed by atoms with Gasteiger partial charge in [-0.15, -0.1) is 0 Å². The summed E-state index contributed by atoms with van der Waals surface area (Å²) in [5, 5.41) is 2.46. The third-order valence-electron chi connectivity index (χ3n) is 3.28. The summed E-state index contributed by atoms with van der Waals surface area (Å²) in [5.74, 6) is 0.937. The number of imidazole rings is 1. The Morgan fingerprint density at radius 3 is 2.72 bits per heavy atom. The summed E-state index contributed by atoms with van der Waals surface area (Å²) in [4.78, 5) is 11.8. The van der Waals surface area contributed by atoms with E-state index in [1.54, 1.807) is 0 Å². The lowest BCUT2D eigenvalue weighted by Crippen LogP contribution is -1.88. The number of hydrogen-bond donors (Lipinski definition) is 1. The number of benzene rings is 1. The van der Waals surface area contributed by atoms with Crippen molar-refractivity contribution in [3.8, 4) is 11.3 Å². The molecule has 3 heteroatoms. The lowest BCUT2D eigenvalue weighted by Gasteiger charge is -2.08. The Morgan fingerprint density at radius 1 is 1.11 bits per heavy atom. The Labute approximate surface area is 106 Å². The molecule has 0 spiro atoms. The van der Waals surface area contributed by atoms with Crippen molar-refractivity contribution < 1.29 is 0 Å². The Bertz CT molecular complexity index is 698. The Hall–Kier alpha value is -2.16. The van der Waals surface area contributed by atoms with Gasteiger partial charge in [-0.25, -0.2) is 4.98 Å². The van der Waals surface area contributed by atoms with Crippen LogP contribution in [0.25, 0.3) is 22.0 Å². The number of pyridine rings is 1. The second kappa shape index (κ2) is 4.26. The van der Waals surface area contributed by atoms with Crippen molar-refractivity contribution in [1.82, 2.24) is 15.0 Å². The van der Waals surface area contributed by atoms with Crippen molar-refractivity contribution in [2.75, 3.05) is 0 Å². The molecule has 3 nitrogen and oxygen atoms in total. The monoisotopic (exact) mass is 237 g/mol. The number of aromatic nitrogens is 3. The van der Waals surface area contributed by atoms with E-state index in [-0.39, 0.29) is 0 Å². The first kappa shape index (κ1) is 11.0. The van der Waals surface area contributed by atoms with Gasteiger partial charge in [-0.3, -0.25) is 4.98 Å². The zero-order valence-electron chi connectivity index (χ0n) is 10.6. The lowest BCUT2D eigenvalue weighted by atomic mass is 9.98. The van der Waals surface area contributed by atoms with Crippen LogP contribution in [0, 0.1) is 6.92 Å². The summed E-state index contributed by atoms with van der Waals surface area (Å²) in [6.45, 7) is 4.13. The maximum atomic E-state index is 4.27. The van der Waals surface area contributed by atoms with Gasteiger partial charge >= 0.3 is 0 Å². The van der Waals surface area contributed by atoms with Gasteiger partial charge in [0.2, 0.25) is 0 Å². The van der Waals surface area contributed by atoms with Gasteiger partial charge in [-0.05, 0) is 30.4 Å². The average molecular weight is 237 g/mol. The second-order valence-electron chi connectivity index (χ2n) is 4.43. The van der Waals surface area contributed by atoms with Gasteiger partial charge in [0.15, 0.2) is 0 Å². The molecule has 2 heterocycles. The number of aryl methyl sites for hydroxylation is 2. The molecular weight excluding hydrogens is 222 g/mol. The second-order valence-corrected chi connectivity index (χ2v) is 4.43. The van der Waals surface area contributed by atoms with E-state index in [1.807, 2.05) is 25.5 Å². The van der Waals surface area contributed by atoms with Crippen LogP contribution in [0.4, 0.5) is 0 Å². The largest absolute Gasteiger partial charge is 0.342 e. The van der Waals surface area contributed by atoms with Crippen LogP contribution >= 0.6 is 0 Å². The highest BCUT2D eigenvalue weighted by Crippen LogP contribution is 2.29. The van der Waals surface area contributed by atoms with Crippen LogP contribution in [0.1, 0.15) is 18.3 Å². The van der Waals surface area contributed by atoms with Gasteiger partial charge in [0.05, 0.1) is 11.9 Å². The number of hydrogen-bond acceptors (Lipinski definition) is 2. The van der Waals surface area contributed by atoms with Crippen molar-refractivity contribution in [2.24, 2.45) is 0 Å². The molecule has 3 rings (SSSR count). The minimum absolute atomic E-state index is 0.937. The smallest absolute Gasteiger partial charge is 0.103 e. The molecule has 0 radical (unpaired) electrons. The SMILES string of the molecule is CCc1ccc(-c2cnc(C)[nH]2)c2ccncc12. The fraction of sp³-hybridized carbons (Fsp3) is 0.200. The van der Waals surface area contributed by atoms with Crippen molar-refractivity contribution >= 4 is 10.8 Å². The lowest BCUT2D eigenvalue weighted by molar-refractivity contribution is 1.15. The predicted octanol–water partition coefficient (Wildman–Crippen LogP) is 3.50. The molecule has 90 valence electrons. The molecule has 0 fully saturated rings.